The average Bonchev–Trinajstić information content (AvgIpc) is 2.67. The summed E-state index contributed by atoms with van der Waals surface area (Å²) in [5.74, 6) is 0.281. The van der Waals surface area contributed by atoms with Crippen molar-refractivity contribution in [2.75, 3.05) is 6.61 Å². The van der Waals surface area contributed by atoms with Crippen molar-refractivity contribution in [3.8, 4) is 0 Å². The van der Waals surface area contributed by atoms with E-state index >= 15 is 0 Å². The van der Waals surface area contributed by atoms with Gasteiger partial charge >= 0.3 is 0 Å². The quantitative estimate of drug-likeness (QED) is 0.710. The maximum Gasteiger partial charge on any atom is 0.164 e. The van der Waals surface area contributed by atoms with Crippen LogP contribution in [0.1, 0.15) is 6.42 Å². The Labute approximate surface area is 117 Å². The first-order chi connectivity index (χ1) is 9.84. The molecule has 0 saturated carbocycles. The van der Waals surface area contributed by atoms with Crippen LogP contribution < -0.4 is 10.4 Å². The molecule has 0 fully saturated rings. The highest BCUT2D eigenvalue weighted by Crippen LogP contribution is 2.36. The molecule has 2 aliphatic carbocycles. The van der Waals surface area contributed by atoms with Crippen molar-refractivity contribution < 1.29 is 9.53 Å². The molecule has 1 heterocycles. The number of hydrogen-bond acceptors (Lipinski definition) is 2. The molecule has 0 bridgehead atoms. The van der Waals surface area contributed by atoms with Crippen molar-refractivity contribution >= 4 is 17.4 Å². The van der Waals surface area contributed by atoms with Crippen molar-refractivity contribution in [1.29, 1.82) is 0 Å². The van der Waals surface area contributed by atoms with Crippen LogP contribution >= 0.6 is 0 Å². The van der Waals surface area contributed by atoms with Crippen LogP contribution in [0.15, 0.2) is 59.9 Å². The normalized spacial score (nSPS) is 23.3. The monoisotopic (exact) mass is 262 g/mol. The highest BCUT2D eigenvalue weighted by molar-refractivity contribution is 6.19. The first-order valence-corrected chi connectivity index (χ1v) is 6.85. The minimum Gasteiger partial charge on any atom is -0.497 e. The molecule has 1 aromatic rings. The van der Waals surface area contributed by atoms with Gasteiger partial charge in [-0.3, -0.25) is 4.79 Å². The first kappa shape index (κ1) is 11.5. The summed E-state index contributed by atoms with van der Waals surface area (Å²) in [6.45, 7) is 0.583. The number of fused-ring (bicyclic) bond motifs is 3. The zero-order valence-electron chi connectivity index (χ0n) is 11.0. The minimum absolute atomic E-state index is 0.0519. The summed E-state index contributed by atoms with van der Waals surface area (Å²) >= 11 is 0. The van der Waals surface area contributed by atoms with Crippen molar-refractivity contribution in [2.45, 2.75) is 6.42 Å². The van der Waals surface area contributed by atoms with Crippen LogP contribution in [-0.2, 0) is 9.53 Å². The van der Waals surface area contributed by atoms with Gasteiger partial charge in [-0.1, -0.05) is 42.5 Å². The van der Waals surface area contributed by atoms with E-state index in [4.69, 9.17) is 4.74 Å². The topological polar surface area (TPSA) is 26.3 Å². The molecule has 2 heteroatoms. The number of hydrogen-bond donors (Lipinski definition) is 0. The molecule has 0 saturated heterocycles. The van der Waals surface area contributed by atoms with E-state index in [0.717, 1.165) is 21.6 Å². The van der Waals surface area contributed by atoms with Crippen LogP contribution in [0.5, 0.6) is 0 Å². The predicted octanol–water partition coefficient (Wildman–Crippen LogP) is 1.62. The second-order valence-corrected chi connectivity index (χ2v) is 5.29. The Balaban J connectivity index is 2.06. The average molecular weight is 262 g/mol. The smallest absolute Gasteiger partial charge is 0.164 e. The lowest BCUT2D eigenvalue weighted by Crippen LogP contribution is -2.34. The second kappa shape index (κ2) is 4.34. The number of carbonyl (C=O) groups is 1. The highest BCUT2D eigenvalue weighted by Gasteiger charge is 2.32. The second-order valence-electron chi connectivity index (χ2n) is 5.29. The van der Waals surface area contributed by atoms with Gasteiger partial charge in [0.2, 0.25) is 0 Å². The number of benzene rings is 1. The van der Waals surface area contributed by atoms with E-state index in [1.165, 1.54) is 5.57 Å². The predicted molar refractivity (Wildman–Crippen MR) is 77.9 cm³/mol. The Morgan fingerprint density at radius 2 is 2.10 bits per heavy atom. The van der Waals surface area contributed by atoms with Crippen LogP contribution in [0.3, 0.4) is 0 Å². The summed E-state index contributed by atoms with van der Waals surface area (Å²) in [6.07, 6.45) is 10.4. The molecular weight excluding hydrogens is 248 g/mol. The third-order valence-electron chi connectivity index (χ3n) is 4.18. The molecular formula is C18H14O2. The van der Waals surface area contributed by atoms with E-state index in [1.807, 2.05) is 24.3 Å². The molecule has 0 N–H and O–H groups in total. The summed E-state index contributed by atoms with van der Waals surface area (Å²) in [7, 11) is 0. The van der Waals surface area contributed by atoms with E-state index in [-0.39, 0.29) is 11.7 Å². The van der Waals surface area contributed by atoms with Gasteiger partial charge in [0.25, 0.3) is 0 Å². The summed E-state index contributed by atoms with van der Waals surface area (Å²) in [5, 5.41) is 2.18. The van der Waals surface area contributed by atoms with Gasteiger partial charge in [-0.2, -0.15) is 0 Å². The van der Waals surface area contributed by atoms with Crippen molar-refractivity contribution in [3.63, 3.8) is 0 Å². The van der Waals surface area contributed by atoms with E-state index < -0.39 is 0 Å². The number of carbonyl (C=O) groups excluding carboxylic acids is 1. The van der Waals surface area contributed by atoms with Crippen molar-refractivity contribution in [3.05, 3.63) is 70.3 Å². The molecule has 1 unspecified atom stereocenters. The van der Waals surface area contributed by atoms with Gasteiger partial charge in [-0.25, -0.2) is 0 Å². The van der Waals surface area contributed by atoms with Gasteiger partial charge in [-0.05, 0) is 27.7 Å². The Morgan fingerprint density at radius 3 is 3.05 bits per heavy atom. The molecule has 3 aliphatic rings. The van der Waals surface area contributed by atoms with Crippen LogP contribution in [0.4, 0.5) is 0 Å². The third kappa shape index (κ3) is 1.61. The van der Waals surface area contributed by atoms with Crippen LogP contribution in [0.25, 0.3) is 11.6 Å². The van der Waals surface area contributed by atoms with Gasteiger partial charge < -0.3 is 4.74 Å². The Hall–Kier alpha value is -2.35. The number of rotatable bonds is 0. The first-order valence-electron chi connectivity index (χ1n) is 6.85. The standard InChI is InChI=1S/C18H14O2/c19-17-10-13-8-9-20-11-16(13)15-7-3-5-12-4-1-2-6-14(12)18(15)17/h1-9,15H,10-11H2. The van der Waals surface area contributed by atoms with Crippen LogP contribution in [0, 0.1) is 5.92 Å². The summed E-state index contributed by atoms with van der Waals surface area (Å²) < 4.78 is 5.44. The molecule has 2 nitrogen and oxygen atoms in total. The van der Waals surface area contributed by atoms with Gasteiger partial charge in [0.05, 0.1) is 6.26 Å². The maximum absolute atomic E-state index is 12.6. The molecule has 4 rings (SSSR count). The molecule has 0 amide bonds. The summed E-state index contributed by atoms with van der Waals surface area (Å²) in [6, 6.07) is 8.11. The molecule has 1 atom stereocenters. The van der Waals surface area contributed by atoms with Crippen LogP contribution in [-0.4, -0.2) is 12.4 Å². The van der Waals surface area contributed by atoms with E-state index in [9.17, 15) is 4.79 Å². The summed E-state index contributed by atoms with van der Waals surface area (Å²) in [4.78, 5) is 12.6. The molecule has 0 aromatic heterocycles. The van der Waals surface area contributed by atoms with Gasteiger partial charge in [0, 0.05) is 17.9 Å². The largest absolute Gasteiger partial charge is 0.497 e. The molecule has 0 spiro atoms. The fourth-order valence-electron chi connectivity index (χ4n) is 3.23. The molecule has 20 heavy (non-hydrogen) atoms. The van der Waals surface area contributed by atoms with E-state index in [2.05, 4.69) is 24.3 Å². The Kier molecular flexibility index (Phi) is 2.49. The molecule has 1 aliphatic heterocycles. The zero-order chi connectivity index (χ0) is 13.5. The van der Waals surface area contributed by atoms with Crippen molar-refractivity contribution in [2.24, 2.45) is 5.92 Å². The SMILES string of the molecule is O=C1CC2=C(COC=C2)C2C=CC=c3ccccc3=C12. The highest BCUT2D eigenvalue weighted by atomic mass is 16.5. The number of ether oxygens (including phenoxy) is 1. The fraction of sp³-hybridized carbons (Fsp3) is 0.167. The maximum atomic E-state index is 12.6. The van der Waals surface area contributed by atoms with E-state index in [0.29, 0.717) is 13.0 Å². The van der Waals surface area contributed by atoms with Crippen molar-refractivity contribution in [1.82, 2.24) is 0 Å². The molecule has 1 aromatic carbocycles. The van der Waals surface area contributed by atoms with Gasteiger partial charge in [0.15, 0.2) is 5.78 Å². The van der Waals surface area contributed by atoms with E-state index in [1.54, 1.807) is 6.26 Å². The number of ketones is 1. The number of allylic oxidation sites excluding steroid dienone is 4. The molecule has 98 valence electrons. The van der Waals surface area contributed by atoms with Crippen LogP contribution in [0.2, 0.25) is 0 Å². The Bertz CT molecular complexity index is 806. The van der Waals surface area contributed by atoms with Gasteiger partial charge in [-0.15, -0.1) is 0 Å². The molecule has 0 radical (unpaired) electrons. The number of Topliss-reactive ketones (excluding diaryl/α,β-unsaturated/α-hetero) is 1. The summed E-state index contributed by atoms with van der Waals surface area (Å²) in [5.41, 5.74) is 3.27. The fourth-order valence-corrected chi connectivity index (χ4v) is 3.23. The van der Waals surface area contributed by atoms with Gasteiger partial charge in [0.1, 0.15) is 6.61 Å². The zero-order valence-corrected chi connectivity index (χ0v) is 11.0. The third-order valence-corrected chi connectivity index (χ3v) is 4.18. The minimum atomic E-state index is 0.0519. The lowest BCUT2D eigenvalue weighted by molar-refractivity contribution is -0.113. The Morgan fingerprint density at radius 1 is 1.20 bits per heavy atom. The lowest BCUT2D eigenvalue weighted by atomic mass is 9.77. The lowest BCUT2D eigenvalue weighted by Gasteiger charge is -2.29.